The standard InChI is InChI=1S/C32H32NO6P/c34-31(37-23-26-13-5-1-6-14-26)22-21-30(32(35)38-24-27-15-7-2-8-16-27)33-40(36,29-19-11-4-12-20-29)39-25-28-17-9-3-10-18-28/h1-20,30H,21-25H2,(H,33,36)/t30-,40?/m0/s1. The summed E-state index contributed by atoms with van der Waals surface area (Å²) in [4.78, 5) is 25.8. The monoisotopic (exact) mass is 557 g/mol. The normalized spacial score (nSPS) is 13.1. The van der Waals surface area contributed by atoms with Crippen LogP contribution in [0, 0.1) is 0 Å². The van der Waals surface area contributed by atoms with Gasteiger partial charge in [-0.2, -0.15) is 0 Å². The third-order valence-corrected chi connectivity index (χ3v) is 8.19. The second kappa shape index (κ2) is 14.9. The van der Waals surface area contributed by atoms with Crippen LogP contribution >= 0.6 is 7.52 Å². The molecule has 1 N–H and O–H groups in total. The van der Waals surface area contributed by atoms with E-state index in [-0.39, 0.29) is 32.7 Å². The van der Waals surface area contributed by atoms with Crippen molar-refractivity contribution >= 4 is 24.8 Å². The van der Waals surface area contributed by atoms with E-state index in [1.165, 1.54) is 0 Å². The first-order valence-corrected chi connectivity index (χ1v) is 14.7. The minimum Gasteiger partial charge on any atom is -0.461 e. The molecular formula is C32H32NO6P. The fourth-order valence-electron chi connectivity index (χ4n) is 3.89. The lowest BCUT2D eigenvalue weighted by molar-refractivity contribution is -0.148. The number of nitrogens with one attached hydrogen (secondary N) is 1. The van der Waals surface area contributed by atoms with E-state index in [0.29, 0.717) is 5.30 Å². The minimum atomic E-state index is -3.77. The van der Waals surface area contributed by atoms with Crippen LogP contribution in [-0.2, 0) is 48.0 Å². The number of rotatable bonds is 14. The number of hydrogen-bond donors (Lipinski definition) is 1. The van der Waals surface area contributed by atoms with Gasteiger partial charge in [-0.15, -0.1) is 0 Å². The van der Waals surface area contributed by atoms with Crippen molar-refractivity contribution in [3.63, 3.8) is 0 Å². The van der Waals surface area contributed by atoms with Crippen LogP contribution in [0.1, 0.15) is 29.5 Å². The van der Waals surface area contributed by atoms with E-state index in [0.717, 1.165) is 16.7 Å². The van der Waals surface area contributed by atoms with Gasteiger partial charge in [-0.05, 0) is 35.2 Å². The van der Waals surface area contributed by atoms with E-state index in [2.05, 4.69) is 5.09 Å². The Bertz CT molecular complexity index is 1380. The van der Waals surface area contributed by atoms with Crippen molar-refractivity contribution in [1.29, 1.82) is 0 Å². The molecule has 0 fully saturated rings. The molecule has 1 unspecified atom stereocenters. The van der Waals surface area contributed by atoms with Gasteiger partial charge in [0, 0.05) is 6.42 Å². The van der Waals surface area contributed by atoms with Crippen LogP contribution in [0.4, 0.5) is 0 Å². The lowest BCUT2D eigenvalue weighted by Crippen LogP contribution is -2.39. The van der Waals surface area contributed by atoms with Crippen molar-refractivity contribution in [3.05, 3.63) is 138 Å². The van der Waals surface area contributed by atoms with E-state index in [1.54, 1.807) is 30.3 Å². The van der Waals surface area contributed by atoms with E-state index in [1.807, 2.05) is 91.0 Å². The van der Waals surface area contributed by atoms with E-state index in [4.69, 9.17) is 14.0 Å². The molecule has 0 heterocycles. The Morgan fingerprint density at radius 3 is 1.60 bits per heavy atom. The van der Waals surface area contributed by atoms with Gasteiger partial charge < -0.3 is 14.0 Å². The van der Waals surface area contributed by atoms with Crippen LogP contribution in [0.15, 0.2) is 121 Å². The summed E-state index contributed by atoms with van der Waals surface area (Å²) in [6.45, 7) is 0.223. The Labute approximate surface area is 234 Å². The van der Waals surface area contributed by atoms with Crippen LogP contribution in [0.5, 0.6) is 0 Å². The van der Waals surface area contributed by atoms with Crippen LogP contribution in [0.25, 0.3) is 0 Å². The average Bonchev–Trinajstić information content (AvgIpc) is 3.02. The summed E-state index contributed by atoms with van der Waals surface area (Å²) in [5.41, 5.74) is 2.49. The van der Waals surface area contributed by atoms with Gasteiger partial charge in [0.1, 0.15) is 19.3 Å². The molecule has 7 nitrogen and oxygen atoms in total. The van der Waals surface area contributed by atoms with Gasteiger partial charge in [0.2, 0.25) is 0 Å². The maximum atomic E-state index is 14.3. The molecule has 4 aromatic carbocycles. The number of hydrogen-bond acceptors (Lipinski definition) is 6. The largest absolute Gasteiger partial charge is 0.461 e. The lowest BCUT2D eigenvalue weighted by Gasteiger charge is -2.25. The fourth-order valence-corrected chi connectivity index (χ4v) is 5.81. The smallest absolute Gasteiger partial charge is 0.323 e. The Hall–Kier alpha value is -4.03. The molecule has 0 aliphatic rings. The maximum absolute atomic E-state index is 14.3. The minimum absolute atomic E-state index is 0.00671. The summed E-state index contributed by atoms with van der Waals surface area (Å²) >= 11 is 0. The van der Waals surface area contributed by atoms with Crippen LogP contribution in [-0.4, -0.2) is 18.0 Å². The molecule has 0 saturated carbocycles. The van der Waals surface area contributed by atoms with Gasteiger partial charge in [0.25, 0.3) is 0 Å². The quantitative estimate of drug-likeness (QED) is 0.151. The zero-order valence-electron chi connectivity index (χ0n) is 22.1. The van der Waals surface area contributed by atoms with Crippen molar-refractivity contribution in [2.75, 3.05) is 0 Å². The predicted molar refractivity (Wildman–Crippen MR) is 154 cm³/mol. The fraction of sp³-hybridized carbons (Fsp3) is 0.188. The highest BCUT2D eigenvalue weighted by Gasteiger charge is 2.34. The molecule has 40 heavy (non-hydrogen) atoms. The van der Waals surface area contributed by atoms with Gasteiger partial charge in [0.15, 0.2) is 0 Å². The molecule has 2 atom stereocenters. The first-order valence-electron chi connectivity index (χ1n) is 13.0. The van der Waals surface area contributed by atoms with Crippen molar-refractivity contribution < 1.29 is 28.2 Å². The molecule has 0 aromatic heterocycles. The van der Waals surface area contributed by atoms with E-state index >= 15 is 0 Å². The molecule has 0 amide bonds. The zero-order chi connectivity index (χ0) is 28.0. The van der Waals surface area contributed by atoms with Crippen molar-refractivity contribution in [2.24, 2.45) is 0 Å². The van der Waals surface area contributed by atoms with E-state index in [9.17, 15) is 14.2 Å². The molecule has 0 bridgehead atoms. The molecule has 206 valence electrons. The van der Waals surface area contributed by atoms with Crippen molar-refractivity contribution in [1.82, 2.24) is 5.09 Å². The van der Waals surface area contributed by atoms with Gasteiger partial charge in [-0.1, -0.05) is 109 Å². The van der Waals surface area contributed by atoms with E-state index < -0.39 is 25.5 Å². The van der Waals surface area contributed by atoms with Crippen LogP contribution < -0.4 is 10.4 Å². The topological polar surface area (TPSA) is 90.9 Å². The van der Waals surface area contributed by atoms with Gasteiger partial charge in [-0.3, -0.25) is 14.2 Å². The SMILES string of the molecule is O=C(CC[C@H](NP(=O)(OCc1ccccc1)c1ccccc1)C(=O)OCc1ccccc1)OCc1ccccc1. The van der Waals surface area contributed by atoms with Crippen molar-refractivity contribution in [2.45, 2.75) is 38.7 Å². The summed E-state index contributed by atoms with van der Waals surface area (Å²) in [6.07, 6.45) is -0.0782. The molecule has 0 radical (unpaired) electrons. The number of ether oxygens (including phenoxy) is 2. The Morgan fingerprint density at radius 1 is 0.625 bits per heavy atom. The number of carbonyl (C=O) groups is 2. The second-order valence-corrected chi connectivity index (χ2v) is 11.2. The number of benzene rings is 4. The highest BCUT2D eigenvalue weighted by atomic mass is 31.2. The Balaban J connectivity index is 1.49. The zero-order valence-corrected chi connectivity index (χ0v) is 23.0. The first kappa shape index (κ1) is 29.0. The molecule has 4 rings (SSSR count). The van der Waals surface area contributed by atoms with Gasteiger partial charge in [0.05, 0.1) is 11.9 Å². The maximum Gasteiger partial charge on any atom is 0.323 e. The third kappa shape index (κ3) is 9.02. The predicted octanol–water partition coefficient (Wildman–Crippen LogP) is 5.95. The van der Waals surface area contributed by atoms with Gasteiger partial charge in [-0.25, -0.2) is 5.09 Å². The van der Waals surface area contributed by atoms with Crippen molar-refractivity contribution in [3.8, 4) is 0 Å². The molecule has 0 aliphatic carbocycles. The first-order chi connectivity index (χ1) is 19.5. The Kier molecular flexibility index (Phi) is 10.8. The molecular weight excluding hydrogens is 525 g/mol. The summed E-state index contributed by atoms with van der Waals surface area (Å²) in [5.74, 6) is -1.12. The van der Waals surface area contributed by atoms with Crippen LogP contribution in [0.2, 0.25) is 0 Å². The second-order valence-electron chi connectivity index (χ2n) is 9.11. The molecule has 8 heteroatoms. The summed E-state index contributed by atoms with van der Waals surface area (Å²) in [6, 6.07) is 35.5. The Morgan fingerprint density at radius 2 is 1.07 bits per heavy atom. The highest BCUT2D eigenvalue weighted by molar-refractivity contribution is 7.65. The molecule has 0 aliphatic heterocycles. The summed E-state index contributed by atoms with van der Waals surface area (Å²) < 4.78 is 31.2. The van der Waals surface area contributed by atoms with Crippen LogP contribution in [0.3, 0.4) is 0 Å². The molecule has 0 spiro atoms. The molecule has 4 aromatic rings. The average molecular weight is 558 g/mol. The highest BCUT2D eigenvalue weighted by Crippen LogP contribution is 2.43. The number of esters is 2. The summed E-state index contributed by atoms with van der Waals surface area (Å²) in [5, 5.41) is 3.33. The molecule has 0 saturated heterocycles. The lowest BCUT2D eigenvalue weighted by atomic mass is 10.1. The summed E-state index contributed by atoms with van der Waals surface area (Å²) in [7, 11) is -3.77. The third-order valence-electron chi connectivity index (χ3n) is 6.07. The number of carbonyl (C=O) groups excluding carboxylic acids is 2. The van der Waals surface area contributed by atoms with Gasteiger partial charge >= 0.3 is 19.5 Å².